The van der Waals surface area contributed by atoms with E-state index in [0.29, 0.717) is 11.1 Å². The molecule has 0 aliphatic heterocycles. The average Bonchev–Trinajstić information content (AvgIpc) is 3.24. The normalized spacial score (nSPS) is 14.1. The van der Waals surface area contributed by atoms with Crippen molar-refractivity contribution in [1.29, 1.82) is 0 Å². The molecule has 1 aliphatic rings. The van der Waals surface area contributed by atoms with Gasteiger partial charge in [-0.15, -0.1) is 10.2 Å². The summed E-state index contributed by atoms with van der Waals surface area (Å²) in [5, 5.41) is 18.6. The molecule has 8 heteroatoms. The summed E-state index contributed by atoms with van der Waals surface area (Å²) >= 11 is 0. The molecule has 0 N–H and O–H groups in total. The quantitative estimate of drug-likeness (QED) is 0.358. The van der Waals surface area contributed by atoms with Gasteiger partial charge in [0, 0.05) is 17.7 Å². The van der Waals surface area contributed by atoms with Gasteiger partial charge in [-0.1, -0.05) is 6.07 Å². The van der Waals surface area contributed by atoms with Gasteiger partial charge in [0.15, 0.2) is 6.10 Å². The molecule has 29 heavy (non-hydrogen) atoms. The Balaban J connectivity index is 1.45. The monoisotopic (exact) mass is 393 g/mol. The Morgan fingerprint density at radius 2 is 1.83 bits per heavy atom. The highest BCUT2D eigenvalue weighted by atomic mass is 16.6. The van der Waals surface area contributed by atoms with E-state index >= 15 is 0 Å². The lowest BCUT2D eigenvalue weighted by Crippen LogP contribution is -2.11. The number of carbonyl (C=O) groups excluding carboxylic acids is 1. The van der Waals surface area contributed by atoms with Gasteiger partial charge in [-0.3, -0.25) is 10.1 Å². The first-order valence-corrected chi connectivity index (χ1v) is 9.42. The number of ether oxygens (including phenoxy) is 1. The number of carbonyl (C=O) groups is 1. The molecule has 0 bridgehead atoms. The Labute approximate surface area is 166 Å². The SMILES string of the molecule is C[C@@H](OC(=O)c1ccc2c(c1)CCCC2)c1nnc(-c2ccc([N+](=O)[O-])cc2)o1. The Bertz CT molecular complexity index is 1060. The van der Waals surface area contributed by atoms with Gasteiger partial charge in [0.1, 0.15) is 0 Å². The van der Waals surface area contributed by atoms with Crippen LogP contribution in [-0.2, 0) is 17.6 Å². The fraction of sp³-hybridized carbons (Fsp3) is 0.286. The molecule has 0 fully saturated rings. The highest BCUT2D eigenvalue weighted by Crippen LogP contribution is 2.26. The standard InChI is InChI=1S/C21H19N3O5/c1-13(28-21(25)17-7-6-14-4-2-3-5-16(14)12-17)19-22-23-20(29-19)15-8-10-18(11-9-15)24(26)27/h6-13H,2-5H2,1H3/t13-/m1/s1. The van der Waals surface area contributed by atoms with Crippen molar-refractivity contribution in [2.75, 3.05) is 0 Å². The van der Waals surface area contributed by atoms with Crippen molar-refractivity contribution in [2.45, 2.75) is 38.7 Å². The van der Waals surface area contributed by atoms with Crippen LogP contribution in [-0.4, -0.2) is 21.1 Å². The van der Waals surface area contributed by atoms with E-state index in [1.165, 1.54) is 41.8 Å². The maximum atomic E-state index is 12.5. The van der Waals surface area contributed by atoms with E-state index in [1.807, 2.05) is 12.1 Å². The fourth-order valence-electron chi connectivity index (χ4n) is 3.38. The van der Waals surface area contributed by atoms with Gasteiger partial charge in [-0.05, 0) is 68.0 Å². The van der Waals surface area contributed by atoms with E-state index in [4.69, 9.17) is 9.15 Å². The van der Waals surface area contributed by atoms with Crippen LogP contribution in [0.3, 0.4) is 0 Å². The summed E-state index contributed by atoms with van der Waals surface area (Å²) in [6.07, 6.45) is 3.62. The molecule has 0 saturated carbocycles. The lowest BCUT2D eigenvalue weighted by atomic mass is 9.90. The molecule has 8 nitrogen and oxygen atoms in total. The van der Waals surface area contributed by atoms with Crippen molar-refractivity contribution in [3.63, 3.8) is 0 Å². The molecule has 1 aromatic heterocycles. The highest BCUT2D eigenvalue weighted by molar-refractivity contribution is 5.89. The Hall–Kier alpha value is -3.55. The summed E-state index contributed by atoms with van der Waals surface area (Å²) in [6.45, 7) is 1.66. The number of non-ortho nitro benzene ring substituents is 1. The molecule has 1 atom stereocenters. The van der Waals surface area contributed by atoms with Gasteiger partial charge < -0.3 is 9.15 Å². The molecule has 148 valence electrons. The molecule has 4 rings (SSSR count). The van der Waals surface area contributed by atoms with Gasteiger partial charge in [-0.2, -0.15) is 0 Å². The van der Waals surface area contributed by atoms with Crippen LogP contribution in [0, 0.1) is 10.1 Å². The van der Waals surface area contributed by atoms with Crippen molar-refractivity contribution in [2.24, 2.45) is 0 Å². The Morgan fingerprint density at radius 1 is 1.10 bits per heavy atom. The maximum absolute atomic E-state index is 12.5. The van der Waals surface area contributed by atoms with Crippen molar-refractivity contribution >= 4 is 11.7 Å². The molecule has 0 amide bonds. The molecule has 1 aliphatic carbocycles. The number of nitro groups is 1. The average molecular weight is 393 g/mol. The first-order valence-electron chi connectivity index (χ1n) is 9.42. The number of nitro benzene ring substituents is 1. The molecule has 2 aromatic carbocycles. The van der Waals surface area contributed by atoms with Crippen LogP contribution in [0.2, 0.25) is 0 Å². The second kappa shape index (κ2) is 7.83. The van der Waals surface area contributed by atoms with Crippen molar-refractivity contribution < 1.29 is 18.9 Å². The largest absolute Gasteiger partial charge is 0.449 e. The van der Waals surface area contributed by atoms with E-state index < -0.39 is 17.0 Å². The smallest absolute Gasteiger partial charge is 0.338 e. The number of aromatic nitrogens is 2. The Morgan fingerprint density at radius 3 is 2.55 bits per heavy atom. The first kappa shape index (κ1) is 18.8. The molecule has 0 radical (unpaired) electrons. The zero-order valence-corrected chi connectivity index (χ0v) is 15.8. The van der Waals surface area contributed by atoms with Crippen molar-refractivity contribution in [3.05, 3.63) is 75.2 Å². The second-order valence-corrected chi connectivity index (χ2v) is 6.99. The van der Waals surface area contributed by atoms with Crippen LogP contribution >= 0.6 is 0 Å². The van der Waals surface area contributed by atoms with Crippen LogP contribution in [0.25, 0.3) is 11.5 Å². The van der Waals surface area contributed by atoms with Crippen LogP contribution in [0.4, 0.5) is 5.69 Å². The van der Waals surface area contributed by atoms with E-state index in [9.17, 15) is 14.9 Å². The topological polar surface area (TPSA) is 108 Å². The summed E-state index contributed by atoms with van der Waals surface area (Å²) in [5.41, 5.74) is 3.53. The predicted molar refractivity (Wildman–Crippen MR) is 103 cm³/mol. The maximum Gasteiger partial charge on any atom is 0.338 e. The summed E-state index contributed by atoms with van der Waals surface area (Å²) in [6, 6.07) is 11.5. The Kier molecular flexibility index (Phi) is 5.07. The van der Waals surface area contributed by atoms with Crippen LogP contribution < -0.4 is 0 Å². The second-order valence-electron chi connectivity index (χ2n) is 6.99. The summed E-state index contributed by atoms with van der Waals surface area (Å²) < 4.78 is 11.1. The number of aryl methyl sites for hydroxylation is 2. The van der Waals surface area contributed by atoms with E-state index in [-0.39, 0.29) is 17.5 Å². The molecule has 0 saturated heterocycles. The third-order valence-corrected chi connectivity index (χ3v) is 4.98. The van der Waals surface area contributed by atoms with Gasteiger partial charge >= 0.3 is 5.97 Å². The lowest BCUT2D eigenvalue weighted by Gasteiger charge is -2.16. The van der Waals surface area contributed by atoms with Crippen LogP contribution in [0.15, 0.2) is 46.9 Å². The van der Waals surface area contributed by atoms with Gasteiger partial charge in [-0.25, -0.2) is 4.79 Å². The fourth-order valence-corrected chi connectivity index (χ4v) is 3.38. The zero-order chi connectivity index (χ0) is 20.4. The number of hydrogen-bond donors (Lipinski definition) is 0. The number of rotatable bonds is 5. The summed E-state index contributed by atoms with van der Waals surface area (Å²) in [4.78, 5) is 22.8. The summed E-state index contributed by atoms with van der Waals surface area (Å²) in [5.74, 6) is -0.0859. The number of hydrogen-bond acceptors (Lipinski definition) is 7. The van der Waals surface area contributed by atoms with Crippen molar-refractivity contribution in [3.8, 4) is 11.5 Å². The minimum Gasteiger partial charge on any atom is -0.449 e. The third kappa shape index (κ3) is 4.01. The van der Waals surface area contributed by atoms with E-state index in [0.717, 1.165) is 19.3 Å². The molecular formula is C21H19N3O5. The zero-order valence-electron chi connectivity index (χ0n) is 15.8. The van der Waals surface area contributed by atoms with Crippen molar-refractivity contribution in [1.82, 2.24) is 10.2 Å². The molecule has 0 unspecified atom stereocenters. The summed E-state index contributed by atoms with van der Waals surface area (Å²) in [7, 11) is 0. The minimum atomic E-state index is -0.724. The van der Waals surface area contributed by atoms with Gasteiger partial charge in [0.2, 0.25) is 5.89 Å². The molecule has 3 aromatic rings. The minimum absolute atomic E-state index is 0.0270. The van der Waals surface area contributed by atoms with Crippen LogP contribution in [0.5, 0.6) is 0 Å². The van der Waals surface area contributed by atoms with E-state index in [2.05, 4.69) is 10.2 Å². The molecule has 1 heterocycles. The number of esters is 1. The van der Waals surface area contributed by atoms with Gasteiger partial charge in [0.25, 0.3) is 11.6 Å². The molecule has 0 spiro atoms. The number of fused-ring (bicyclic) bond motifs is 1. The lowest BCUT2D eigenvalue weighted by molar-refractivity contribution is -0.384. The number of benzene rings is 2. The predicted octanol–water partition coefficient (Wildman–Crippen LogP) is 4.44. The highest BCUT2D eigenvalue weighted by Gasteiger charge is 2.21. The van der Waals surface area contributed by atoms with E-state index in [1.54, 1.807) is 13.0 Å². The number of nitrogens with zero attached hydrogens (tertiary/aromatic N) is 3. The van der Waals surface area contributed by atoms with Crippen LogP contribution in [0.1, 0.15) is 53.2 Å². The van der Waals surface area contributed by atoms with Gasteiger partial charge in [0.05, 0.1) is 10.5 Å². The molecular weight excluding hydrogens is 374 g/mol. The first-order chi connectivity index (χ1) is 14.0. The third-order valence-electron chi connectivity index (χ3n) is 4.98.